The Balaban J connectivity index is 0.00000289. The first-order valence-corrected chi connectivity index (χ1v) is 10.9. The zero-order valence-electron chi connectivity index (χ0n) is 18.1. The number of rotatable bonds is 7. The van der Waals surface area contributed by atoms with E-state index in [4.69, 9.17) is 4.74 Å². The van der Waals surface area contributed by atoms with Crippen LogP contribution in [0.2, 0.25) is 0 Å². The molecule has 0 aliphatic carbocycles. The molecular formula is C26H29ClFNO3. The highest BCUT2D eigenvalue weighted by Gasteiger charge is 2.34. The fourth-order valence-electron chi connectivity index (χ4n) is 4.49. The number of piperidine rings is 1. The Morgan fingerprint density at radius 1 is 1.06 bits per heavy atom. The summed E-state index contributed by atoms with van der Waals surface area (Å²) in [4.78, 5) is 14.9. The molecule has 0 radical (unpaired) electrons. The van der Waals surface area contributed by atoms with Crippen molar-refractivity contribution in [1.29, 1.82) is 0 Å². The second-order valence-electron chi connectivity index (χ2n) is 8.04. The zero-order chi connectivity index (χ0) is 21.8. The standard InChI is InChI=1S/C26H28FNO3.ClH/c1-2-31-26(25(30)23-9-5-7-18-6-3-4-8-22(18)23)28-16-14-20(15-17-28)24(29)19-10-12-21(27)13-11-19;/h3-13,20,25-26,30H,2,14-17H2,1H3;1H. The van der Waals surface area contributed by atoms with Crippen LogP contribution in [0.15, 0.2) is 66.7 Å². The molecule has 3 aromatic carbocycles. The summed E-state index contributed by atoms with van der Waals surface area (Å²) in [5.41, 5.74) is 1.40. The maximum atomic E-state index is 13.2. The number of carbonyl (C=O) groups is 1. The number of hydrogen-bond donors (Lipinski definition) is 1. The summed E-state index contributed by atoms with van der Waals surface area (Å²) in [7, 11) is 0. The molecule has 1 fully saturated rings. The lowest BCUT2D eigenvalue weighted by Gasteiger charge is -2.39. The molecule has 6 heteroatoms. The van der Waals surface area contributed by atoms with Gasteiger partial charge < -0.3 is 9.84 Å². The lowest BCUT2D eigenvalue weighted by Crippen LogP contribution is -2.47. The van der Waals surface area contributed by atoms with Gasteiger partial charge in [0.05, 0.1) is 0 Å². The molecule has 1 aliphatic heterocycles. The van der Waals surface area contributed by atoms with E-state index >= 15 is 0 Å². The summed E-state index contributed by atoms with van der Waals surface area (Å²) in [6.45, 7) is 3.72. The van der Waals surface area contributed by atoms with Crippen molar-refractivity contribution in [2.45, 2.75) is 32.1 Å². The number of nitrogens with zero attached hydrogens (tertiary/aromatic N) is 1. The summed E-state index contributed by atoms with van der Waals surface area (Å²) in [5, 5.41) is 13.4. The van der Waals surface area contributed by atoms with Crippen molar-refractivity contribution < 1.29 is 19.0 Å². The van der Waals surface area contributed by atoms with Crippen LogP contribution in [0.5, 0.6) is 0 Å². The van der Waals surface area contributed by atoms with E-state index < -0.39 is 12.3 Å². The smallest absolute Gasteiger partial charge is 0.166 e. The average Bonchev–Trinajstić information content (AvgIpc) is 2.82. The number of benzene rings is 3. The van der Waals surface area contributed by atoms with Gasteiger partial charge >= 0.3 is 0 Å². The lowest BCUT2D eigenvalue weighted by molar-refractivity contribution is -0.130. The molecule has 0 spiro atoms. The highest BCUT2D eigenvalue weighted by Crippen LogP contribution is 2.31. The summed E-state index contributed by atoms with van der Waals surface area (Å²) in [5.74, 6) is -0.380. The number of likely N-dealkylation sites (tertiary alicyclic amines) is 1. The van der Waals surface area contributed by atoms with Crippen LogP contribution in [0.25, 0.3) is 10.8 Å². The first kappa shape index (κ1) is 24.3. The SMILES string of the molecule is CCOC(C(O)c1cccc2ccccc12)N1CCC(C(=O)c2ccc(F)cc2)CC1.Cl. The molecule has 4 rings (SSSR count). The molecule has 1 N–H and O–H groups in total. The van der Waals surface area contributed by atoms with Crippen LogP contribution >= 0.6 is 12.4 Å². The summed E-state index contributed by atoms with van der Waals surface area (Å²) < 4.78 is 19.2. The van der Waals surface area contributed by atoms with Crippen molar-refractivity contribution in [2.24, 2.45) is 5.92 Å². The number of hydrogen-bond acceptors (Lipinski definition) is 4. The number of ketones is 1. The molecule has 2 unspecified atom stereocenters. The molecule has 3 aromatic rings. The van der Waals surface area contributed by atoms with Crippen LogP contribution < -0.4 is 0 Å². The van der Waals surface area contributed by atoms with Gasteiger partial charge in [0.15, 0.2) is 5.78 Å². The fraction of sp³-hybridized carbons (Fsp3) is 0.346. The van der Waals surface area contributed by atoms with E-state index in [-0.39, 0.29) is 29.9 Å². The third-order valence-electron chi connectivity index (χ3n) is 6.14. The van der Waals surface area contributed by atoms with Crippen LogP contribution in [0, 0.1) is 11.7 Å². The normalized spacial score (nSPS) is 17.0. The van der Waals surface area contributed by atoms with E-state index in [9.17, 15) is 14.3 Å². The van der Waals surface area contributed by atoms with Crippen LogP contribution in [0.1, 0.15) is 41.8 Å². The predicted molar refractivity (Wildman–Crippen MR) is 127 cm³/mol. The average molecular weight is 458 g/mol. The van der Waals surface area contributed by atoms with Gasteiger partial charge in [0.1, 0.15) is 18.1 Å². The van der Waals surface area contributed by atoms with Gasteiger partial charge in [-0.1, -0.05) is 42.5 Å². The van der Waals surface area contributed by atoms with Gasteiger partial charge in [-0.25, -0.2) is 4.39 Å². The van der Waals surface area contributed by atoms with E-state index in [2.05, 4.69) is 4.90 Å². The molecule has 2 atom stereocenters. The van der Waals surface area contributed by atoms with E-state index in [1.54, 1.807) is 12.1 Å². The number of halogens is 2. The van der Waals surface area contributed by atoms with Crippen LogP contribution in [-0.2, 0) is 4.74 Å². The molecule has 1 heterocycles. The molecule has 0 saturated carbocycles. The summed E-state index contributed by atoms with van der Waals surface area (Å²) in [6, 6.07) is 19.7. The first-order valence-electron chi connectivity index (χ1n) is 10.9. The zero-order valence-corrected chi connectivity index (χ0v) is 18.9. The van der Waals surface area contributed by atoms with Gasteiger partial charge in [0.2, 0.25) is 0 Å². The molecular weight excluding hydrogens is 429 g/mol. The van der Waals surface area contributed by atoms with Crippen molar-refractivity contribution in [3.8, 4) is 0 Å². The number of aliphatic hydroxyl groups is 1. The molecule has 32 heavy (non-hydrogen) atoms. The Hall–Kier alpha value is -2.31. The maximum Gasteiger partial charge on any atom is 0.166 e. The van der Waals surface area contributed by atoms with Crippen molar-refractivity contribution >= 4 is 29.0 Å². The number of aliphatic hydroxyl groups excluding tert-OH is 1. The van der Waals surface area contributed by atoms with E-state index in [1.807, 2.05) is 49.4 Å². The van der Waals surface area contributed by atoms with Gasteiger partial charge in [0.25, 0.3) is 0 Å². The van der Waals surface area contributed by atoms with E-state index in [0.717, 1.165) is 16.3 Å². The minimum atomic E-state index is -0.796. The summed E-state index contributed by atoms with van der Waals surface area (Å²) in [6.07, 6.45) is 0.0949. The Bertz CT molecular complexity index is 1030. The van der Waals surface area contributed by atoms with Crippen LogP contribution in [0.4, 0.5) is 4.39 Å². The largest absolute Gasteiger partial charge is 0.384 e. The number of Topliss-reactive ketones (excluding diaryl/α,β-unsaturated/α-hetero) is 1. The highest BCUT2D eigenvalue weighted by atomic mass is 35.5. The lowest BCUT2D eigenvalue weighted by atomic mass is 9.88. The third-order valence-corrected chi connectivity index (χ3v) is 6.14. The van der Waals surface area contributed by atoms with Crippen LogP contribution in [0.3, 0.4) is 0 Å². The Labute approximate surface area is 194 Å². The number of carbonyl (C=O) groups excluding carboxylic acids is 1. The quantitative estimate of drug-likeness (QED) is 0.483. The van der Waals surface area contributed by atoms with E-state index in [1.165, 1.54) is 12.1 Å². The van der Waals surface area contributed by atoms with Gasteiger partial charge in [-0.15, -0.1) is 12.4 Å². The minimum absolute atomic E-state index is 0. The molecule has 1 aliphatic rings. The molecule has 0 bridgehead atoms. The Kier molecular flexibility index (Phi) is 8.38. The van der Waals surface area contributed by atoms with Gasteiger partial charge in [-0.2, -0.15) is 0 Å². The minimum Gasteiger partial charge on any atom is -0.384 e. The van der Waals surface area contributed by atoms with Crippen molar-refractivity contribution in [3.63, 3.8) is 0 Å². The monoisotopic (exact) mass is 457 g/mol. The van der Waals surface area contributed by atoms with Gasteiger partial charge in [-0.3, -0.25) is 9.69 Å². The van der Waals surface area contributed by atoms with E-state index in [0.29, 0.717) is 38.1 Å². The maximum absolute atomic E-state index is 13.2. The topological polar surface area (TPSA) is 49.8 Å². The van der Waals surface area contributed by atoms with Gasteiger partial charge in [-0.05, 0) is 60.4 Å². The highest BCUT2D eigenvalue weighted by molar-refractivity contribution is 5.97. The Morgan fingerprint density at radius 3 is 2.41 bits per heavy atom. The summed E-state index contributed by atoms with van der Waals surface area (Å²) >= 11 is 0. The fourth-order valence-corrected chi connectivity index (χ4v) is 4.49. The number of ether oxygens (including phenoxy) is 1. The Morgan fingerprint density at radius 2 is 1.72 bits per heavy atom. The second-order valence-corrected chi connectivity index (χ2v) is 8.04. The molecule has 0 aromatic heterocycles. The predicted octanol–water partition coefficient (Wildman–Crippen LogP) is 5.39. The first-order chi connectivity index (χ1) is 15.1. The second kappa shape index (κ2) is 11.0. The molecule has 0 amide bonds. The van der Waals surface area contributed by atoms with Crippen molar-refractivity contribution in [1.82, 2.24) is 4.90 Å². The molecule has 4 nitrogen and oxygen atoms in total. The van der Waals surface area contributed by atoms with Crippen molar-refractivity contribution in [3.05, 3.63) is 83.7 Å². The van der Waals surface area contributed by atoms with Crippen molar-refractivity contribution in [2.75, 3.05) is 19.7 Å². The molecule has 170 valence electrons. The van der Waals surface area contributed by atoms with Gasteiger partial charge in [0, 0.05) is 31.2 Å². The number of fused-ring (bicyclic) bond motifs is 1. The third kappa shape index (κ3) is 5.18. The van der Waals surface area contributed by atoms with Crippen LogP contribution in [-0.4, -0.2) is 41.7 Å². The molecule has 1 saturated heterocycles.